The fraction of sp³-hybridized carbons (Fsp3) is 0.833. The molecule has 3 aliphatic carbocycles. The molecule has 0 aromatic heterocycles. The van der Waals surface area contributed by atoms with E-state index in [9.17, 15) is 0 Å². The summed E-state index contributed by atoms with van der Waals surface area (Å²) in [6.07, 6.45) is 10.7. The van der Waals surface area contributed by atoms with Gasteiger partial charge >= 0.3 is 0 Å². The molecule has 0 heterocycles. The second-order valence-corrected chi connectivity index (χ2v) is 5.21. The van der Waals surface area contributed by atoms with Crippen molar-refractivity contribution in [2.75, 3.05) is 13.6 Å². The standard InChI is InChI=1S/C12H19N/c1-13(12-4-5-12)8-11-7-9-2-3-10(11)6-9/h2-3,9-12H,4-8H2,1H3. The summed E-state index contributed by atoms with van der Waals surface area (Å²) in [4.78, 5) is 2.60. The average Bonchev–Trinajstić information content (AvgIpc) is 2.79. The Kier molecular flexibility index (Phi) is 1.76. The van der Waals surface area contributed by atoms with E-state index in [0.717, 1.165) is 23.8 Å². The minimum absolute atomic E-state index is 0.936. The lowest BCUT2D eigenvalue weighted by Crippen LogP contribution is -2.29. The minimum Gasteiger partial charge on any atom is -0.303 e. The van der Waals surface area contributed by atoms with Crippen molar-refractivity contribution in [1.29, 1.82) is 0 Å². The SMILES string of the molecule is CN(CC1CC2C=CC1C2)C1CC1. The first-order valence-corrected chi connectivity index (χ1v) is 5.71. The van der Waals surface area contributed by atoms with Gasteiger partial charge in [0.15, 0.2) is 0 Å². The van der Waals surface area contributed by atoms with Crippen LogP contribution in [0.15, 0.2) is 12.2 Å². The summed E-state index contributed by atoms with van der Waals surface area (Å²) in [5.41, 5.74) is 0. The smallest absolute Gasteiger partial charge is 0.00934 e. The Morgan fingerprint density at radius 3 is 2.62 bits per heavy atom. The van der Waals surface area contributed by atoms with Crippen LogP contribution in [0.4, 0.5) is 0 Å². The quantitative estimate of drug-likeness (QED) is 0.598. The van der Waals surface area contributed by atoms with Gasteiger partial charge in [0.25, 0.3) is 0 Å². The third kappa shape index (κ3) is 1.43. The topological polar surface area (TPSA) is 3.24 Å². The number of fused-ring (bicyclic) bond motifs is 2. The van der Waals surface area contributed by atoms with E-state index in [0.29, 0.717) is 0 Å². The molecule has 3 atom stereocenters. The van der Waals surface area contributed by atoms with Crippen LogP contribution in [0.5, 0.6) is 0 Å². The second-order valence-electron chi connectivity index (χ2n) is 5.21. The largest absolute Gasteiger partial charge is 0.303 e. The Labute approximate surface area is 80.8 Å². The van der Waals surface area contributed by atoms with Crippen molar-refractivity contribution in [3.63, 3.8) is 0 Å². The highest BCUT2D eigenvalue weighted by Crippen LogP contribution is 2.44. The van der Waals surface area contributed by atoms with Crippen LogP contribution in [0.3, 0.4) is 0 Å². The van der Waals surface area contributed by atoms with Crippen LogP contribution in [0, 0.1) is 17.8 Å². The molecular formula is C12H19N. The normalized spacial score (nSPS) is 42.2. The molecule has 2 bridgehead atoms. The van der Waals surface area contributed by atoms with Crippen LogP contribution in [-0.2, 0) is 0 Å². The molecule has 0 radical (unpaired) electrons. The lowest BCUT2D eigenvalue weighted by atomic mass is 9.93. The number of nitrogens with zero attached hydrogens (tertiary/aromatic N) is 1. The highest BCUT2D eigenvalue weighted by atomic mass is 15.2. The fourth-order valence-corrected chi connectivity index (χ4v) is 3.14. The molecule has 3 rings (SSSR count). The van der Waals surface area contributed by atoms with Crippen LogP contribution in [-0.4, -0.2) is 24.5 Å². The van der Waals surface area contributed by atoms with Crippen molar-refractivity contribution >= 4 is 0 Å². The minimum atomic E-state index is 0.936. The molecule has 3 unspecified atom stereocenters. The highest BCUT2D eigenvalue weighted by molar-refractivity contribution is 5.10. The third-order valence-corrected chi connectivity index (χ3v) is 4.11. The monoisotopic (exact) mass is 177 g/mol. The number of allylic oxidation sites excluding steroid dienone is 2. The summed E-state index contributed by atoms with van der Waals surface area (Å²) in [5, 5.41) is 0. The van der Waals surface area contributed by atoms with Gasteiger partial charge in [-0.2, -0.15) is 0 Å². The van der Waals surface area contributed by atoms with Gasteiger partial charge in [0.1, 0.15) is 0 Å². The predicted molar refractivity (Wildman–Crippen MR) is 54.5 cm³/mol. The second kappa shape index (κ2) is 2.84. The van der Waals surface area contributed by atoms with Crippen molar-refractivity contribution in [3.05, 3.63) is 12.2 Å². The number of hydrogen-bond acceptors (Lipinski definition) is 1. The Morgan fingerprint density at radius 1 is 1.23 bits per heavy atom. The maximum absolute atomic E-state index is 2.60. The average molecular weight is 177 g/mol. The Morgan fingerprint density at radius 2 is 2.08 bits per heavy atom. The zero-order valence-electron chi connectivity index (χ0n) is 8.45. The van der Waals surface area contributed by atoms with Crippen molar-refractivity contribution in [2.24, 2.45) is 17.8 Å². The van der Waals surface area contributed by atoms with E-state index in [1.807, 2.05) is 0 Å². The van der Waals surface area contributed by atoms with Crippen LogP contribution in [0.25, 0.3) is 0 Å². The van der Waals surface area contributed by atoms with E-state index in [1.165, 1.54) is 32.2 Å². The molecule has 0 spiro atoms. The first kappa shape index (κ1) is 8.05. The van der Waals surface area contributed by atoms with Crippen LogP contribution in [0.1, 0.15) is 25.7 Å². The van der Waals surface area contributed by atoms with E-state index < -0.39 is 0 Å². The fourth-order valence-electron chi connectivity index (χ4n) is 3.14. The zero-order valence-corrected chi connectivity index (χ0v) is 8.45. The van der Waals surface area contributed by atoms with Crippen LogP contribution >= 0.6 is 0 Å². The maximum Gasteiger partial charge on any atom is 0.00934 e. The summed E-state index contributed by atoms with van der Waals surface area (Å²) in [5.74, 6) is 2.87. The van der Waals surface area contributed by atoms with Gasteiger partial charge in [-0.3, -0.25) is 0 Å². The molecule has 13 heavy (non-hydrogen) atoms. The molecule has 2 saturated carbocycles. The van der Waals surface area contributed by atoms with E-state index >= 15 is 0 Å². The molecule has 72 valence electrons. The molecule has 2 fully saturated rings. The Hall–Kier alpha value is -0.300. The number of rotatable bonds is 3. The Balaban J connectivity index is 1.58. The lowest BCUT2D eigenvalue weighted by molar-refractivity contribution is 0.246. The van der Waals surface area contributed by atoms with Gasteiger partial charge < -0.3 is 4.90 Å². The van der Waals surface area contributed by atoms with Gasteiger partial charge in [0.2, 0.25) is 0 Å². The molecule has 0 N–H and O–H groups in total. The molecular weight excluding hydrogens is 158 g/mol. The van der Waals surface area contributed by atoms with Gasteiger partial charge in [-0.15, -0.1) is 0 Å². The molecule has 1 nitrogen and oxygen atoms in total. The number of hydrogen-bond donors (Lipinski definition) is 0. The maximum atomic E-state index is 2.60. The van der Waals surface area contributed by atoms with Crippen molar-refractivity contribution in [3.8, 4) is 0 Å². The Bertz CT molecular complexity index is 229. The molecule has 0 saturated heterocycles. The lowest BCUT2D eigenvalue weighted by Gasteiger charge is -2.24. The zero-order chi connectivity index (χ0) is 8.84. The molecule has 3 aliphatic rings. The van der Waals surface area contributed by atoms with Gasteiger partial charge in [0, 0.05) is 12.6 Å². The predicted octanol–water partition coefficient (Wildman–Crippen LogP) is 2.29. The molecule has 0 amide bonds. The third-order valence-electron chi connectivity index (χ3n) is 4.11. The summed E-state index contributed by atoms with van der Waals surface area (Å²) >= 11 is 0. The molecule has 0 aromatic rings. The van der Waals surface area contributed by atoms with E-state index in [1.54, 1.807) is 0 Å². The van der Waals surface area contributed by atoms with Gasteiger partial charge in [-0.25, -0.2) is 0 Å². The van der Waals surface area contributed by atoms with E-state index in [2.05, 4.69) is 24.1 Å². The van der Waals surface area contributed by atoms with Crippen molar-refractivity contribution in [1.82, 2.24) is 4.90 Å². The first-order chi connectivity index (χ1) is 6.33. The van der Waals surface area contributed by atoms with E-state index in [4.69, 9.17) is 0 Å². The molecule has 0 aromatic carbocycles. The summed E-state index contributed by atoms with van der Waals surface area (Å²) in [6, 6.07) is 0.947. The summed E-state index contributed by atoms with van der Waals surface area (Å²) in [7, 11) is 2.31. The van der Waals surface area contributed by atoms with Crippen LogP contribution < -0.4 is 0 Å². The van der Waals surface area contributed by atoms with E-state index in [-0.39, 0.29) is 0 Å². The summed E-state index contributed by atoms with van der Waals surface area (Å²) in [6.45, 7) is 1.36. The first-order valence-electron chi connectivity index (χ1n) is 5.71. The molecule has 1 heteroatoms. The van der Waals surface area contributed by atoms with Crippen LogP contribution in [0.2, 0.25) is 0 Å². The van der Waals surface area contributed by atoms with Crippen molar-refractivity contribution in [2.45, 2.75) is 31.7 Å². The van der Waals surface area contributed by atoms with Gasteiger partial charge in [-0.1, -0.05) is 12.2 Å². The summed E-state index contributed by atoms with van der Waals surface area (Å²) < 4.78 is 0. The van der Waals surface area contributed by atoms with Gasteiger partial charge in [-0.05, 0) is 50.5 Å². The van der Waals surface area contributed by atoms with Crippen molar-refractivity contribution < 1.29 is 0 Å². The van der Waals surface area contributed by atoms with Gasteiger partial charge in [0.05, 0.1) is 0 Å². The highest BCUT2D eigenvalue weighted by Gasteiger charge is 2.37. The molecule has 0 aliphatic heterocycles.